The average molecular weight is 257 g/mol. The minimum absolute atomic E-state index is 0.115. The lowest BCUT2D eigenvalue weighted by Gasteiger charge is -2.17. The van der Waals surface area contributed by atoms with Crippen LogP contribution in [0.1, 0.15) is 11.7 Å². The molecule has 1 heterocycles. The zero-order valence-corrected chi connectivity index (χ0v) is 9.69. The third-order valence-electron chi connectivity index (χ3n) is 2.32. The fourth-order valence-electron chi connectivity index (χ4n) is 1.47. The Morgan fingerprint density at radius 3 is 2.47 bits per heavy atom. The first-order chi connectivity index (χ1) is 8.08. The van der Waals surface area contributed by atoms with Gasteiger partial charge in [-0.25, -0.2) is 0 Å². The Morgan fingerprint density at radius 2 is 2.00 bits per heavy atom. The molecule has 0 aromatic heterocycles. The summed E-state index contributed by atoms with van der Waals surface area (Å²) in [7, 11) is 1.77. The van der Waals surface area contributed by atoms with Crippen LogP contribution in [-0.2, 0) is 0 Å². The summed E-state index contributed by atoms with van der Waals surface area (Å²) in [5.41, 5.74) is 0.817. The number of rotatable bonds is 3. The number of halogens is 2. The summed E-state index contributed by atoms with van der Waals surface area (Å²) in [5.74, 6) is 0.115. The SMILES string of the molecule is CN1C(=S)N=NC1c1ccc(OC(F)F)cc1. The molecule has 4 nitrogen and oxygen atoms in total. The Hall–Kier alpha value is -1.63. The van der Waals surface area contributed by atoms with Gasteiger partial charge in [-0.2, -0.15) is 13.9 Å². The van der Waals surface area contributed by atoms with E-state index in [4.69, 9.17) is 12.2 Å². The minimum Gasteiger partial charge on any atom is -0.435 e. The molecular weight excluding hydrogens is 248 g/mol. The van der Waals surface area contributed by atoms with Crippen molar-refractivity contribution in [3.8, 4) is 5.75 Å². The van der Waals surface area contributed by atoms with Crippen LogP contribution >= 0.6 is 12.2 Å². The molecule has 0 fully saturated rings. The molecule has 1 aromatic carbocycles. The van der Waals surface area contributed by atoms with Gasteiger partial charge >= 0.3 is 6.61 Å². The number of hydrogen-bond donors (Lipinski definition) is 0. The Balaban J connectivity index is 2.13. The summed E-state index contributed by atoms with van der Waals surface area (Å²) in [6.07, 6.45) is -0.289. The highest BCUT2D eigenvalue weighted by Crippen LogP contribution is 2.28. The Labute approximate surface area is 102 Å². The second-order valence-corrected chi connectivity index (χ2v) is 3.80. The third-order valence-corrected chi connectivity index (χ3v) is 2.69. The van der Waals surface area contributed by atoms with Crippen molar-refractivity contribution in [2.75, 3.05) is 7.05 Å². The van der Waals surface area contributed by atoms with Gasteiger partial charge in [-0.3, -0.25) is 0 Å². The molecule has 0 saturated heterocycles. The minimum atomic E-state index is -2.82. The molecule has 0 spiro atoms. The smallest absolute Gasteiger partial charge is 0.387 e. The van der Waals surface area contributed by atoms with Crippen molar-refractivity contribution < 1.29 is 13.5 Å². The van der Waals surface area contributed by atoms with E-state index in [2.05, 4.69) is 15.0 Å². The number of ether oxygens (including phenoxy) is 1. The molecule has 0 aliphatic carbocycles. The Kier molecular flexibility index (Phi) is 3.28. The highest BCUT2D eigenvalue weighted by atomic mass is 32.1. The number of nitrogens with zero attached hydrogens (tertiary/aromatic N) is 3. The van der Waals surface area contributed by atoms with Crippen LogP contribution in [0.4, 0.5) is 8.78 Å². The molecule has 0 N–H and O–H groups in total. The largest absolute Gasteiger partial charge is 0.435 e. The predicted octanol–water partition coefficient (Wildman–Crippen LogP) is 2.97. The van der Waals surface area contributed by atoms with Gasteiger partial charge in [0.1, 0.15) is 5.75 Å². The second-order valence-electron chi connectivity index (χ2n) is 3.43. The number of alkyl halides is 2. The van der Waals surface area contributed by atoms with Gasteiger partial charge in [-0.15, -0.1) is 5.11 Å². The van der Waals surface area contributed by atoms with Crippen LogP contribution in [0.5, 0.6) is 5.75 Å². The van der Waals surface area contributed by atoms with Gasteiger partial charge in [0.05, 0.1) is 0 Å². The lowest BCUT2D eigenvalue weighted by molar-refractivity contribution is -0.0498. The van der Waals surface area contributed by atoms with Gasteiger partial charge in [-0.1, -0.05) is 12.1 Å². The highest BCUT2D eigenvalue weighted by Gasteiger charge is 2.24. The molecule has 0 bridgehead atoms. The molecule has 0 amide bonds. The number of azo groups is 1. The molecule has 1 unspecified atom stereocenters. The van der Waals surface area contributed by atoms with E-state index in [0.717, 1.165) is 5.56 Å². The normalized spacial score (nSPS) is 19.2. The van der Waals surface area contributed by atoms with Gasteiger partial charge in [0.15, 0.2) is 6.17 Å². The molecule has 1 aliphatic rings. The van der Waals surface area contributed by atoms with Crippen LogP contribution in [0.15, 0.2) is 34.5 Å². The van der Waals surface area contributed by atoms with E-state index in [1.54, 1.807) is 24.1 Å². The van der Waals surface area contributed by atoms with Crippen molar-refractivity contribution in [3.05, 3.63) is 29.8 Å². The molecule has 7 heteroatoms. The van der Waals surface area contributed by atoms with Crippen LogP contribution in [0.2, 0.25) is 0 Å². The van der Waals surface area contributed by atoms with Crippen LogP contribution in [0.3, 0.4) is 0 Å². The fraction of sp³-hybridized carbons (Fsp3) is 0.300. The monoisotopic (exact) mass is 257 g/mol. The molecule has 1 aliphatic heterocycles. The fourth-order valence-corrected chi connectivity index (χ4v) is 1.62. The van der Waals surface area contributed by atoms with Crippen molar-refractivity contribution in [1.29, 1.82) is 0 Å². The molecule has 2 rings (SSSR count). The molecule has 0 saturated carbocycles. The van der Waals surface area contributed by atoms with Crippen LogP contribution in [0, 0.1) is 0 Å². The van der Waals surface area contributed by atoms with Crippen molar-refractivity contribution in [2.24, 2.45) is 10.2 Å². The van der Waals surface area contributed by atoms with Gasteiger partial charge in [0.25, 0.3) is 0 Å². The molecule has 17 heavy (non-hydrogen) atoms. The van der Waals surface area contributed by atoms with E-state index in [0.29, 0.717) is 5.11 Å². The quantitative estimate of drug-likeness (QED) is 0.781. The molecule has 1 atom stereocenters. The van der Waals surface area contributed by atoms with E-state index in [9.17, 15) is 8.78 Å². The maximum atomic E-state index is 12.0. The second kappa shape index (κ2) is 4.70. The van der Waals surface area contributed by atoms with Crippen molar-refractivity contribution in [1.82, 2.24) is 4.90 Å². The highest BCUT2D eigenvalue weighted by molar-refractivity contribution is 7.80. The molecule has 1 aromatic rings. The lowest BCUT2D eigenvalue weighted by Crippen LogP contribution is -2.21. The summed E-state index contributed by atoms with van der Waals surface area (Å²) < 4.78 is 28.2. The molecular formula is C10H9F2N3OS. The Morgan fingerprint density at radius 1 is 1.35 bits per heavy atom. The number of benzene rings is 1. The summed E-state index contributed by atoms with van der Waals surface area (Å²) in [6, 6.07) is 6.25. The van der Waals surface area contributed by atoms with Gasteiger partial charge in [0.2, 0.25) is 5.11 Å². The topological polar surface area (TPSA) is 37.2 Å². The Bertz CT molecular complexity index is 449. The van der Waals surface area contributed by atoms with E-state index >= 15 is 0 Å². The summed E-state index contributed by atoms with van der Waals surface area (Å²) in [4.78, 5) is 1.72. The molecule has 90 valence electrons. The van der Waals surface area contributed by atoms with Gasteiger partial charge in [0, 0.05) is 7.05 Å². The third kappa shape index (κ3) is 2.55. The lowest BCUT2D eigenvalue weighted by atomic mass is 10.1. The summed E-state index contributed by atoms with van der Waals surface area (Å²) >= 11 is 4.94. The summed E-state index contributed by atoms with van der Waals surface area (Å²) in [6.45, 7) is -2.82. The van der Waals surface area contributed by atoms with E-state index in [1.165, 1.54) is 12.1 Å². The van der Waals surface area contributed by atoms with E-state index < -0.39 is 6.61 Å². The first-order valence-corrected chi connectivity index (χ1v) is 5.21. The van der Waals surface area contributed by atoms with Gasteiger partial charge in [-0.05, 0) is 29.9 Å². The van der Waals surface area contributed by atoms with E-state index in [-0.39, 0.29) is 11.9 Å². The van der Waals surface area contributed by atoms with Crippen LogP contribution < -0.4 is 4.74 Å². The van der Waals surface area contributed by atoms with E-state index in [1.807, 2.05) is 0 Å². The average Bonchev–Trinajstić information content (AvgIpc) is 2.60. The first kappa shape index (κ1) is 11.8. The van der Waals surface area contributed by atoms with Crippen molar-refractivity contribution in [3.63, 3.8) is 0 Å². The first-order valence-electron chi connectivity index (χ1n) is 4.80. The van der Waals surface area contributed by atoms with Crippen molar-refractivity contribution >= 4 is 17.3 Å². The maximum absolute atomic E-state index is 12.0. The standard InChI is InChI=1S/C10H9F2N3OS/c1-15-8(13-14-10(15)17)6-2-4-7(5-3-6)16-9(11)12/h2-5,8-9H,1H3. The predicted molar refractivity (Wildman–Crippen MR) is 61.0 cm³/mol. The number of hydrogen-bond acceptors (Lipinski definition) is 3. The zero-order valence-electron chi connectivity index (χ0n) is 8.88. The van der Waals surface area contributed by atoms with Gasteiger partial charge < -0.3 is 9.64 Å². The van der Waals surface area contributed by atoms with Crippen LogP contribution in [0.25, 0.3) is 0 Å². The maximum Gasteiger partial charge on any atom is 0.387 e. The van der Waals surface area contributed by atoms with Crippen LogP contribution in [-0.4, -0.2) is 23.7 Å². The molecule has 0 radical (unpaired) electrons. The van der Waals surface area contributed by atoms with Crippen molar-refractivity contribution in [2.45, 2.75) is 12.8 Å². The summed E-state index contributed by atoms with van der Waals surface area (Å²) in [5, 5.41) is 8.16. The zero-order chi connectivity index (χ0) is 12.4. The number of thiocarbonyl (C=S) groups is 1.